The molecule has 2 bridgehead atoms. The molecule has 3 aromatic rings. The summed E-state index contributed by atoms with van der Waals surface area (Å²) in [4.78, 5) is 30.1. The molecule has 1 saturated carbocycles. The molecule has 11 heteroatoms. The fraction of sp³-hybridized carbons (Fsp3) is 0.371. The number of aryl methyl sites for hydroxylation is 1. The molecule has 6 rings (SSSR count). The van der Waals surface area contributed by atoms with Crippen molar-refractivity contribution in [2.45, 2.75) is 63.7 Å². The Bertz CT molecular complexity index is 1670. The summed E-state index contributed by atoms with van der Waals surface area (Å²) in [7, 11) is 0. The highest BCUT2D eigenvalue weighted by atomic mass is 19.2. The average molecular weight is 640 g/mol. The number of halogens is 5. The second kappa shape index (κ2) is 13.2. The van der Waals surface area contributed by atoms with Crippen LogP contribution in [-0.4, -0.2) is 59.4 Å². The molecule has 1 N–H and O–H groups in total. The first-order valence-electron chi connectivity index (χ1n) is 15.4. The summed E-state index contributed by atoms with van der Waals surface area (Å²) in [5.74, 6) is -6.53. The van der Waals surface area contributed by atoms with E-state index in [-0.39, 0.29) is 42.6 Å². The second-order valence-corrected chi connectivity index (χ2v) is 12.1. The molecule has 2 unspecified atom stereocenters. The molecule has 46 heavy (non-hydrogen) atoms. The Morgan fingerprint density at radius 3 is 2.35 bits per heavy atom. The lowest BCUT2D eigenvalue weighted by Crippen LogP contribution is -2.61. The van der Waals surface area contributed by atoms with Crippen LogP contribution in [-0.2, 0) is 22.6 Å². The van der Waals surface area contributed by atoms with Crippen LogP contribution in [0.3, 0.4) is 0 Å². The normalized spacial score (nSPS) is 19.3. The molecule has 2 aliphatic heterocycles. The molecule has 6 nitrogen and oxygen atoms in total. The molecule has 1 aliphatic carbocycles. The van der Waals surface area contributed by atoms with E-state index in [9.17, 15) is 31.5 Å². The van der Waals surface area contributed by atoms with Crippen LogP contribution in [0, 0.1) is 29.1 Å². The first-order valence-corrected chi connectivity index (χ1v) is 15.4. The summed E-state index contributed by atoms with van der Waals surface area (Å²) in [5, 5.41) is 3.51. The van der Waals surface area contributed by atoms with Gasteiger partial charge in [0, 0.05) is 49.8 Å². The van der Waals surface area contributed by atoms with Gasteiger partial charge in [-0.05, 0) is 67.0 Å². The maximum absolute atomic E-state index is 14.7. The Kier molecular flexibility index (Phi) is 9.13. The van der Waals surface area contributed by atoms with Gasteiger partial charge in [-0.2, -0.15) is 4.39 Å². The van der Waals surface area contributed by atoms with E-state index in [2.05, 4.69) is 5.32 Å². The highest BCUT2D eigenvalue weighted by molar-refractivity contribution is 6.03. The standard InChI is InChI=1S/C35H34F5N3O3/c1-20(44)42-18-24-16-26(22-9-7-21(8-10-22)4-3-15-46-34-29(38)14-13-28(37)33(34)40)31(30(19-42)41-24)35(45)43(25-11-12-25)17-23-5-2-6-27(36)32(23)39/h2,5-10,13-14,24-25,30,41H,3-4,11-12,15-19H2,1H3. The fourth-order valence-corrected chi connectivity index (χ4v) is 6.35. The number of carbonyl (C=O) groups excluding carboxylic acids is 2. The van der Waals surface area contributed by atoms with Crippen LogP contribution in [0.25, 0.3) is 5.57 Å². The summed E-state index contributed by atoms with van der Waals surface area (Å²) < 4.78 is 75.1. The smallest absolute Gasteiger partial charge is 0.252 e. The van der Waals surface area contributed by atoms with Gasteiger partial charge in [-0.1, -0.05) is 36.4 Å². The van der Waals surface area contributed by atoms with Crippen molar-refractivity contribution < 1.29 is 36.3 Å². The van der Waals surface area contributed by atoms with Gasteiger partial charge in [0.05, 0.1) is 12.6 Å². The maximum Gasteiger partial charge on any atom is 0.252 e. The Balaban J connectivity index is 1.24. The van der Waals surface area contributed by atoms with Gasteiger partial charge in [0.15, 0.2) is 29.0 Å². The Morgan fingerprint density at radius 1 is 0.913 bits per heavy atom. The lowest BCUT2D eigenvalue weighted by atomic mass is 9.82. The van der Waals surface area contributed by atoms with Crippen LogP contribution >= 0.6 is 0 Å². The van der Waals surface area contributed by atoms with Crippen LogP contribution in [0.1, 0.15) is 49.3 Å². The number of carbonyl (C=O) groups is 2. The predicted molar refractivity (Wildman–Crippen MR) is 161 cm³/mol. The van der Waals surface area contributed by atoms with Crippen LogP contribution in [0.5, 0.6) is 5.75 Å². The molecule has 2 fully saturated rings. The lowest BCUT2D eigenvalue weighted by molar-refractivity contribution is -0.132. The van der Waals surface area contributed by atoms with Gasteiger partial charge < -0.3 is 19.9 Å². The number of nitrogens with zero attached hydrogens (tertiary/aromatic N) is 2. The van der Waals surface area contributed by atoms with Crippen LogP contribution in [0.4, 0.5) is 22.0 Å². The van der Waals surface area contributed by atoms with Gasteiger partial charge >= 0.3 is 0 Å². The summed E-state index contributed by atoms with van der Waals surface area (Å²) >= 11 is 0. The van der Waals surface area contributed by atoms with Gasteiger partial charge in [0.1, 0.15) is 0 Å². The van der Waals surface area contributed by atoms with Gasteiger partial charge in [0.25, 0.3) is 5.91 Å². The average Bonchev–Trinajstić information content (AvgIpc) is 3.88. The van der Waals surface area contributed by atoms with Crippen molar-refractivity contribution >= 4 is 17.4 Å². The fourth-order valence-electron chi connectivity index (χ4n) is 6.35. The monoisotopic (exact) mass is 639 g/mol. The first kappa shape index (κ1) is 31.7. The zero-order valence-corrected chi connectivity index (χ0v) is 25.3. The van der Waals surface area contributed by atoms with E-state index in [1.54, 1.807) is 9.80 Å². The third-order valence-electron chi connectivity index (χ3n) is 8.86. The van der Waals surface area contributed by atoms with Crippen molar-refractivity contribution in [1.29, 1.82) is 0 Å². The molecule has 2 amide bonds. The van der Waals surface area contributed by atoms with E-state index in [1.165, 1.54) is 19.1 Å². The van der Waals surface area contributed by atoms with E-state index in [1.807, 2.05) is 24.3 Å². The van der Waals surface area contributed by atoms with Crippen molar-refractivity contribution in [2.75, 3.05) is 19.7 Å². The topological polar surface area (TPSA) is 61.9 Å². The highest BCUT2D eigenvalue weighted by Crippen LogP contribution is 2.38. The van der Waals surface area contributed by atoms with Crippen LogP contribution in [0.2, 0.25) is 0 Å². The zero-order chi connectivity index (χ0) is 32.5. The molecule has 0 spiro atoms. The van der Waals surface area contributed by atoms with Crippen LogP contribution in [0.15, 0.2) is 60.2 Å². The molecule has 2 heterocycles. The zero-order valence-electron chi connectivity index (χ0n) is 25.3. The van der Waals surface area contributed by atoms with Crippen molar-refractivity contribution in [1.82, 2.24) is 15.1 Å². The Hall–Kier alpha value is -4.25. The number of rotatable bonds is 10. The molecule has 1 saturated heterocycles. The number of benzene rings is 3. The number of hydrogen-bond acceptors (Lipinski definition) is 4. The molecule has 0 radical (unpaired) electrons. The third kappa shape index (κ3) is 6.65. The van der Waals surface area contributed by atoms with E-state index >= 15 is 0 Å². The van der Waals surface area contributed by atoms with Gasteiger partial charge in [0.2, 0.25) is 11.7 Å². The van der Waals surface area contributed by atoms with Crippen LogP contribution < -0.4 is 10.1 Å². The second-order valence-electron chi connectivity index (χ2n) is 12.1. The molecule has 0 aromatic heterocycles. The molecule has 242 valence electrons. The summed E-state index contributed by atoms with van der Waals surface area (Å²) in [6, 6.07) is 12.6. The quantitative estimate of drug-likeness (QED) is 0.170. The summed E-state index contributed by atoms with van der Waals surface area (Å²) in [6.45, 7) is 2.23. The van der Waals surface area contributed by atoms with E-state index < -0.39 is 40.9 Å². The molecular weight excluding hydrogens is 605 g/mol. The predicted octanol–water partition coefficient (Wildman–Crippen LogP) is 5.93. The third-order valence-corrected chi connectivity index (χ3v) is 8.86. The number of hydrogen-bond donors (Lipinski definition) is 1. The van der Waals surface area contributed by atoms with Crippen molar-refractivity contribution in [3.05, 3.63) is 106 Å². The molecular formula is C35H34F5N3O3. The number of ether oxygens (including phenoxy) is 1. The van der Waals surface area contributed by atoms with Gasteiger partial charge in [-0.25, -0.2) is 17.6 Å². The first-order chi connectivity index (χ1) is 22.1. The van der Waals surface area contributed by atoms with Crippen molar-refractivity contribution in [3.8, 4) is 5.75 Å². The minimum atomic E-state index is -1.36. The summed E-state index contributed by atoms with van der Waals surface area (Å²) in [5.41, 5.74) is 3.24. The van der Waals surface area contributed by atoms with Gasteiger partial charge in [-0.3, -0.25) is 9.59 Å². The Morgan fingerprint density at radius 2 is 1.63 bits per heavy atom. The van der Waals surface area contributed by atoms with Crippen molar-refractivity contribution in [3.63, 3.8) is 0 Å². The van der Waals surface area contributed by atoms with E-state index in [0.717, 1.165) is 41.7 Å². The number of nitrogens with one attached hydrogen (secondary N) is 1. The lowest BCUT2D eigenvalue weighted by Gasteiger charge is -2.44. The number of amides is 2. The summed E-state index contributed by atoms with van der Waals surface area (Å²) in [6.07, 6.45) is 2.97. The van der Waals surface area contributed by atoms with Gasteiger partial charge in [-0.15, -0.1) is 0 Å². The molecule has 3 aromatic carbocycles. The van der Waals surface area contributed by atoms with E-state index in [4.69, 9.17) is 4.74 Å². The number of fused-ring (bicyclic) bond motifs is 2. The molecule has 2 atom stereocenters. The maximum atomic E-state index is 14.7. The minimum absolute atomic E-state index is 0.0204. The largest absolute Gasteiger partial charge is 0.488 e. The minimum Gasteiger partial charge on any atom is -0.488 e. The highest BCUT2D eigenvalue weighted by Gasteiger charge is 2.43. The van der Waals surface area contributed by atoms with E-state index in [0.29, 0.717) is 44.0 Å². The molecule has 3 aliphatic rings. The Labute approximate surface area is 263 Å². The van der Waals surface area contributed by atoms with Crippen molar-refractivity contribution in [2.24, 2.45) is 0 Å². The SMILES string of the molecule is CC(=O)N1CC2CC(c3ccc(CCCOc4c(F)ccc(F)c4F)cc3)=C(C(=O)N(Cc3cccc(F)c3F)C3CC3)C(C1)N2. The number of piperazine rings is 1.